The molecule has 0 radical (unpaired) electrons. The Morgan fingerprint density at radius 1 is 0.481 bits per heavy atom. The van der Waals surface area contributed by atoms with Crippen LogP contribution in [0.15, 0.2) is 24.3 Å². The molecule has 0 aliphatic carbocycles. The smallest absolute Gasteiger partial charge is 0.152 e. The number of hydrogen-bond donors (Lipinski definition) is 0. The molecular formula is C46H80N4O4. The zero-order valence-corrected chi connectivity index (χ0v) is 37.8. The lowest BCUT2D eigenvalue weighted by Crippen LogP contribution is -2.58. The quantitative estimate of drug-likeness (QED) is 0.229. The third kappa shape index (κ3) is 14.7. The summed E-state index contributed by atoms with van der Waals surface area (Å²) in [6.07, 6.45) is 0.624. The molecule has 54 heavy (non-hydrogen) atoms. The number of Topliss-reactive ketones (excluding diaryl/α,β-unsaturated/α-hetero) is 4. The fourth-order valence-corrected chi connectivity index (χ4v) is 6.69. The molecule has 308 valence electrons. The molecular weight excluding hydrogens is 673 g/mol. The van der Waals surface area contributed by atoms with Crippen molar-refractivity contribution >= 4 is 23.1 Å². The second-order valence-electron chi connectivity index (χ2n) is 21.8. The fourth-order valence-electron chi connectivity index (χ4n) is 6.69. The van der Waals surface area contributed by atoms with Crippen LogP contribution in [0.2, 0.25) is 0 Å². The topological polar surface area (TPSA) is 81.2 Å². The number of hydrogen-bond acceptors (Lipinski definition) is 8. The largest absolute Gasteiger partial charge is 0.299 e. The highest BCUT2D eigenvalue weighted by molar-refractivity contribution is 5.88. The summed E-state index contributed by atoms with van der Waals surface area (Å²) in [7, 11) is 0. The fraction of sp³-hybridized carbons (Fsp3) is 0.783. The first-order valence-corrected chi connectivity index (χ1v) is 20.5. The summed E-state index contributed by atoms with van der Waals surface area (Å²) in [5, 5.41) is 0. The van der Waals surface area contributed by atoms with E-state index in [9.17, 15) is 19.2 Å². The molecule has 1 saturated heterocycles. The molecule has 1 atom stereocenters. The average molecular weight is 753 g/mol. The van der Waals surface area contributed by atoms with E-state index in [1.165, 1.54) is 5.56 Å². The van der Waals surface area contributed by atoms with Gasteiger partial charge >= 0.3 is 0 Å². The van der Waals surface area contributed by atoms with Crippen LogP contribution >= 0.6 is 0 Å². The van der Waals surface area contributed by atoms with Crippen molar-refractivity contribution in [1.29, 1.82) is 0 Å². The van der Waals surface area contributed by atoms with Crippen molar-refractivity contribution in [1.82, 2.24) is 19.6 Å². The van der Waals surface area contributed by atoms with Crippen LogP contribution in [0.25, 0.3) is 0 Å². The molecule has 1 aliphatic heterocycles. The molecule has 8 heteroatoms. The summed E-state index contributed by atoms with van der Waals surface area (Å²) in [5.74, 6) is 0.490. The van der Waals surface area contributed by atoms with Gasteiger partial charge < -0.3 is 0 Å². The van der Waals surface area contributed by atoms with E-state index in [1.807, 2.05) is 83.1 Å². The molecule has 1 aromatic rings. The van der Waals surface area contributed by atoms with Gasteiger partial charge in [0.25, 0.3) is 0 Å². The lowest BCUT2D eigenvalue weighted by atomic mass is 9.71. The van der Waals surface area contributed by atoms with Crippen LogP contribution in [-0.4, -0.2) is 120 Å². The van der Waals surface area contributed by atoms with E-state index in [0.29, 0.717) is 78.4 Å². The van der Waals surface area contributed by atoms with Crippen molar-refractivity contribution in [3.63, 3.8) is 0 Å². The van der Waals surface area contributed by atoms with Crippen LogP contribution in [-0.2, 0) is 31.0 Å². The van der Waals surface area contributed by atoms with Crippen molar-refractivity contribution in [3.8, 4) is 0 Å². The minimum Gasteiger partial charge on any atom is -0.299 e. The molecule has 0 amide bonds. The van der Waals surface area contributed by atoms with E-state index in [0.717, 1.165) is 5.56 Å². The van der Waals surface area contributed by atoms with Gasteiger partial charge in [-0.1, -0.05) is 128 Å². The predicted octanol–water partition coefficient (Wildman–Crippen LogP) is 7.60. The minimum absolute atomic E-state index is 0.0391. The molecule has 1 fully saturated rings. The Balaban J connectivity index is 2.63. The van der Waals surface area contributed by atoms with Gasteiger partial charge in [-0.2, -0.15) is 0 Å². The van der Waals surface area contributed by atoms with Crippen LogP contribution in [0.1, 0.15) is 129 Å². The van der Waals surface area contributed by atoms with Crippen molar-refractivity contribution in [2.45, 2.75) is 135 Å². The number of rotatable bonds is 11. The molecule has 1 aromatic carbocycles. The Labute approximate surface area is 331 Å². The van der Waals surface area contributed by atoms with E-state index in [1.54, 1.807) is 0 Å². The summed E-state index contributed by atoms with van der Waals surface area (Å²) in [4.78, 5) is 64.0. The predicted molar refractivity (Wildman–Crippen MR) is 225 cm³/mol. The second kappa shape index (κ2) is 18.3. The standard InChI is InChI=1S/C46H80N4O4/c1-41(2,3)35-20-18-34(19-21-35)30-36(40(54)45(13,14)15)46(16,17)50-28-26-48(32-38(52)43(7,8)9)24-22-47(31-37(51)42(4,5)6)23-25-49(27-29-50)33-39(53)44(10,11)12/h18-21,36H,22-33H2,1-17H3. The van der Waals surface area contributed by atoms with Gasteiger partial charge in [0, 0.05) is 85.5 Å². The highest BCUT2D eigenvalue weighted by Gasteiger charge is 2.44. The van der Waals surface area contributed by atoms with Gasteiger partial charge in [0.1, 0.15) is 5.78 Å². The Kier molecular flexibility index (Phi) is 16.3. The van der Waals surface area contributed by atoms with Crippen molar-refractivity contribution in [2.24, 2.45) is 27.6 Å². The Bertz CT molecular complexity index is 1370. The average Bonchev–Trinajstić information content (AvgIpc) is 3.00. The molecule has 1 unspecified atom stereocenters. The molecule has 1 heterocycles. The third-order valence-corrected chi connectivity index (χ3v) is 11.4. The first-order chi connectivity index (χ1) is 24.3. The Morgan fingerprint density at radius 3 is 1.07 bits per heavy atom. The van der Waals surface area contributed by atoms with Gasteiger partial charge in [-0.05, 0) is 36.8 Å². The zero-order chi connectivity index (χ0) is 41.7. The van der Waals surface area contributed by atoms with E-state index in [2.05, 4.69) is 78.5 Å². The van der Waals surface area contributed by atoms with Crippen molar-refractivity contribution < 1.29 is 19.2 Å². The third-order valence-electron chi connectivity index (χ3n) is 11.4. The summed E-state index contributed by atoms with van der Waals surface area (Å²) < 4.78 is 0. The van der Waals surface area contributed by atoms with E-state index in [4.69, 9.17) is 0 Å². The summed E-state index contributed by atoms with van der Waals surface area (Å²) in [5.41, 5.74) is -0.0381. The monoisotopic (exact) mass is 753 g/mol. The van der Waals surface area contributed by atoms with Crippen LogP contribution in [0, 0.1) is 27.6 Å². The highest BCUT2D eigenvalue weighted by atomic mass is 16.1. The van der Waals surface area contributed by atoms with Gasteiger partial charge in [-0.3, -0.25) is 38.8 Å². The molecule has 2 rings (SSSR count). The first-order valence-electron chi connectivity index (χ1n) is 20.5. The Morgan fingerprint density at radius 2 is 0.796 bits per heavy atom. The van der Waals surface area contributed by atoms with Crippen LogP contribution in [0.5, 0.6) is 0 Å². The number of benzene rings is 1. The van der Waals surface area contributed by atoms with E-state index in [-0.39, 0.29) is 34.5 Å². The lowest BCUT2D eigenvalue weighted by molar-refractivity contribution is -0.135. The molecule has 0 spiro atoms. The Hall–Kier alpha value is -2.26. The van der Waals surface area contributed by atoms with Gasteiger partial charge in [-0.15, -0.1) is 0 Å². The molecule has 0 saturated carbocycles. The van der Waals surface area contributed by atoms with Crippen molar-refractivity contribution in [2.75, 3.05) is 72.0 Å². The molecule has 0 bridgehead atoms. The SMILES string of the molecule is CC(C)(C)C(=O)CN1CCN(CC(=O)C(C)(C)C)CCN(C(C)(C)C(Cc2ccc(C(C)(C)C)cc2)C(=O)C(C)(C)C)CCN(CC(=O)C(C)(C)C)CC1. The second-order valence-corrected chi connectivity index (χ2v) is 21.8. The van der Waals surface area contributed by atoms with Gasteiger partial charge in [0.15, 0.2) is 17.3 Å². The maximum atomic E-state index is 14.5. The maximum absolute atomic E-state index is 14.5. The number of ketones is 4. The van der Waals surface area contributed by atoms with Gasteiger partial charge in [-0.25, -0.2) is 0 Å². The van der Waals surface area contributed by atoms with Gasteiger partial charge in [0.2, 0.25) is 0 Å². The highest BCUT2D eigenvalue weighted by Crippen LogP contribution is 2.35. The van der Waals surface area contributed by atoms with Crippen LogP contribution < -0.4 is 0 Å². The lowest BCUT2D eigenvalue weighted by Gasteiger charge is -2.47. The molecule has 0 aromatic heterocycles. The maximum Gasteiger partial charge on any atom is 0.152 e. The van der Waals surface area contributed by atoms with Crippen LogP contribution in [0.3, 0.4) is 0 Å². The molecule has 1 aliphatic rings. The summed E-state index contributed by atoms with van der Waals surface area (Å²) in [6, 6.07) is 8.77. The van der Waals surface area contributed by atoms with E-state index < -0.39 is 27.2 Å². The summed E-state index contributed by atoms with van der Waals surface area (Å²) in [6.45, 7) is 41.0. The van der Waals surface area contributed by atoms with E-state index >= 15 is 0 Å². The molecule has 8 nitrogen and oxygen atoms in total. The molecule has 0 N–H and O–H groups in total. The minimum atomic E-state index is -0.540. The van der Waals surface area contributed by atoms with Crippen molar-refractivity contribution in [3.05, 3.63) is 35.4 Å². The summed E-state index contributed by atoms with van der Waals surface area (Å²) >= 11 is 0. The van der Waals surface area contributed by atoms with Crippen LogP contribution in [0.4, 0.5) is 0 Å². The van der Waals surface area contributed by atoms with Gasteiger partial charge in [0.05, 0.1) is 19.6 Å². The number of nitrogens with zero attached hydrogens (tertiary/aromatic N) is 4. The number of carbonyl (C=O) groups excluding carboxylic acids is 4. The zero-order valence-electron chi connectivity index (χ0n) is 37.8. The first kappa shape index (κ1) is 47.9. The number of carbonyl (C=O) groups is 4. The normalized spacial score (nSPS) is 18.5.